The van der Waals surface area contributed by atoms with Crippen molar-refractivity contribution in [3.8, 4) is 0 Å². The molecule has 0 amide bonds. The van der Waals surface area contributed by atoms with Crippen LogP contribution in [0.5, 0.6) is 0 Å². The van der Waals surface area contributed by atoms with Crippen LogP contribution in [0, 0.1) is 5.92 Å². The molecule has 6 nitrogen and oxygen atoms in total. The van der Waals surface area contributed by atoms with Crippen LogP contribution in [0.1, 0.15) is 27.7 Å². The lowest BCUT2D eigenvalue weighted by molar-refractivity contribution is -0.304. The minimum absolute atomic E-state index is 0.0318. The first-order valence-electron chi connectivity index (χ1n) is 6.76. The van der Waals surface area contributed by atoms with Gasteiger partial charge < -0.3 is 24.1 Å². The van der Waals surface area contributed by atoms with Gasteiger partial charge >= 0.3 is 5.97 Å². The molecule has 0 fully saturated rings. The second-order valence-corrected chi connectivity index (χ2v) is 4.98. The molecule has 120 valence electrons. The first-order chi connectivity index (χ1) is 9.76. The Morgan fingerprint density at radius 2 is 1.62 bits per heavy atom. The molecular formula is C15H23O6-. The normalized spacial score (nSPS) is 14.4. The number of ether oxygens (including phenoxy) is 3. The second-order valence-electron chi connectivity index (χ2n) is 4.98. The number of hydrogen-bond donors (Lipinski definition) is 0. The number of carboxylic acid groups (broad SMARTS) is 1. The number of carboxylic acids is 1. The fraction of sp³-hybridized carbons (Fsp3) is 0.600. The molecular weight excluding hydrogens is 276 g/mol. The molecule has 0 aromatic rings. The molecule has 21 heavy (non-hydrogen) atoms. The average molecular weight is 299 g/mol. The Morgan fingerprint density at radius 3 is 2.05 bits per heavy atom. The van der Waals surface area contributed by atoms with Crippen LogP contribution in [-0.4, -0.2) is 37.4 Å². The third-order valence-corrected chi connectivity index (χ3v) is 2.20. The van der Waals surface area contributed by atoms with E-state index in [1.165, 1.54) is 6.08 Å². The summed E-state index contributed by atoms with van der Waals surface area (Å²) in [7, 11) is 0. The van der Waals surface area contributed by atoms with Crippen molar-refractivity contribution in [2.45, 2.75) is 39.9 Å². The van der Waals surface area contributed by atoms with Crippen LogP contribution < -0.4 is 5.11 Å². The minimum Gasteiger partial charge on any atom is -0.542 e. The van der Waals surface area contributed by atoms with Gasteiger partial charge in [-0.15, -0.1) is 0 Å². The number of esters is 1. The zero-order chi connectivity index (χ0) is 16.4. The Bertz CT molecular complexity index is 386. The van der Waals surface area contributed by atoms with E-state index < -0.39 is 24.1 Å². The molecule has 0 aromatic heterocycles. The predicted molar refractivity (Wildman–Crippen MR) is 75.0 cm³/mol. The van der Waals surface area contributed by atoms with Gasteiger partial charge in [-0.05, 0) is 25.8 Å². The van der Waals surface area contributed by atoms with E-state index in [4.69, 9.17) is 14.2 Å². The molecule has 0 heterocycles. The van der Waals surface area contributed by atoms with Crippen molar-refractivity contribution >= 4 is 11.9 Å². The van der Waals surface area contributed by atoms with Crippen molar-refractivity contribution in [2.24, 2.45) is 5.92 Å². The largest absolute Gasteiger partial charge is 0.542 e. The summed E-state index contributed by atoms with van der Waals surface area (Å²) in [5.74, 6) is -2.05. The highest BCUT2D eigenvalue weighted by molar-refractivity contribution is 5.82. The third-order valence-electron chi connectivity index (χ3n) is 2.20. The molecule has 0 saturated carbocycles. The smallest absolute Gasteiger partial charge is 0.330 e. The van der Waals surface area contributed by atoms with Gasteiger partial charge in [-0.1, -0.05) is 20.4 Å². The fourth-order valence-corrected chi connectivity index (χ4v) is 1.39. The molecule has 0 rings (SSSR count). The molecule has 0 aromatic carbocycles. The molecule has 6 heteroatoms. The van der Waals surface area contributed by atoms with Crippen LogP contribution in [0.2, 0.25) is 0 Å². The lowest BCUT2D eigenvalue weighted by atomic mass is 10.2. The van der Waals surface area contributed by atoms with Crippen molar-refractivity contribution in [1.82, 2.24) is 0 Å². The Labute approximate surface area is 125 Å². The van der Waals surface area contributed by atoms with E-state index in [2.05, 4.69) is 6.58 Å². The van der Waals surface area contributed by atoms with Crippen LogP contribution in [0.4, 0.5) is 0 Å². The number of allylic oxidation sites excluding steroid dienone is 1. The molecule has 0 aliphatic carbocycles. The van der Waals surface area contributed by atoms with Crippen LogP contribution >= 0.6 is 0 Å². The lowest BCUT2D eigenvalue weighted by Gasteiger charge is -2.20. The van der Waals surface area contributed by atoms with Gasteiger partial charge in [0.05, 0.1) is 13.2 Å². The van der Waals surface area contributed by atoms with Crippen molar-refractivity contribution in [2.75, 3.05) is 13.2 Å². The van der Waals surface area contributed by atoms with E-state index in [1.54, 1.807) is 13.8 Å². The van der Waals surface area contributed by atoms with E-state index in [9.17, 15) is 14.7 Å². The third kappa shape index (κ3) is 9.67. The highest BCUT2D eigenvalue weighted by atomic mass is 16.6. The second kappa shape index (κ2) is 9.99. The fourth-order valence-electron chi connectivity index (χ4n) is 1.39. The van der Waals surface area contributed by atoms with E-state index in [1.807, 2.05) is 13.8 Å². The number of hydrogen-bond acceptors (Lipinski definition) is 6. The van der Waals surface area contributed by atoms with E-state index in [0.717, 1.165) is 6.08 Å². The summed E-state index contributed by atoms with van der Waals surface area (Å²) in [6.45, 7) is 10.7. The van der Waals surface area contributed by atoms with E-state index >= 15 is 0 Å². The topological polar surface area (TPSA) is 84.9 Å². The zero-order valence-corrected chi connectivity index (χ0v) is 13.0. The van der Waals surface area contributed by atoms with Crippen LogP contribution in [-0.2, 0) is 23.8 Å². The molecule has 0 aliphatic rings. The van der Waals surface area contributed by atoms with Crippen molar-refractivity contribution in [3.63, 3.8) is 0 Å². The first kappa shape index (κ1) is 19.2. The van der Waals surface area contributed by atoms with Crippen LogP contribution in [0.3, 0.4) is 0 Å². The van der Waals surface area contributed by atoms with Gasteiger partial charge in [-0.3, -0.25) is 0 Å². The van der Waals surface area contributed by atoms with Crippen LogP contribution in [0.15, 0.2) is 24.5 Å². The number of rotatable bonds is 10. The number of aliphatic carboxylic acids is 1. The van der Waals surface area contributed by atoms with E-state index in [0.29, 0.717) is 0 Å². The quantitative estimate of drug-likeness (QED) is 0.337. The van der Waals surface area contributed by atoms with Gasteiger partial charge in [0, 0.05) is 6.08 Å². The summed E-state index contributed by atoms with van der Waals surface area (Å²) in [6.07, 6.45) is 1.66. The highest BCUT2D eigenvalue weighted by Crippen LogP contribution is 2.07. The first-order valence-corrected chi connectivity index (χ1v) is 6.76. The Morgan fingerprint density at radius 1 is 1.10 bits per heavy atom. The maximum atomic E-state index is 10.9. The summed E-state index contributed by atoms with van der Waals surface area (Å²) >= 11 is 0. The Hall–Kier alpha value is -1.82. The summed E-state index contributed by atoms with van der Waals surface area (Å²) in [5.41, 5.74) is 0. The van der Waals surface area contributed by atoms with Gasteiger partial charge in [0.2, 0.25) is 0 Å². The maximum Gasteiger partial charge on any atom is 0.330 e. The maximum absolute atomic E-state index is 10.9. The van der Waals surface area contributed by atoms with Gasteiger partial charge in [0.15, 0.2) is 0 Å². The molecule has 0 saturated heterocycles. The number of carbonyl (C=O) groups excluding carboxylic acids is 2. The Kier molecular flexibility index (Phi) is 9.12. The minimum atomic E-state index is -1.36. The van der Waals surface area contributed by atoms with Crippen LogP contribution in [0.25, 0.3) is 0 Å². The predicted octanol–water partition coefficient (Wildman–Crippen LogP) is 0.816. The molecule has 0 spiro atoms. The van der Waals surface area contributed by atoms with Crippen molar-refractivity contribution in [1.29, 1.82) is 0 Å². The molecule has 0 N–H and O–H groups in total. The summed E-state index contributed by atoms with van der Waals surface area (Å²) in [5, 5.41) is 10.9. The lowest BCUT2D eigenvalue weighted by Crippen LogP contribution is -2.30. The number of carbonyl (C=O) groups is 2. The standard InChI is InChI=1S/C15H24O6/c1-6-14(16)21-12(5)9-19-8-11(4)20-13(15(17)18)7-10(2)3/h6-7,10-12H,1,8-9H2,2-5H3,(H,17,18)/p-1. The molecule has 2 unspecified atom stereocenters. The summed E-state index contributed by atoms with van der Waals surface area (Å²) in [6, 6.07) is 0. The van der Waals surface area contributed by atoms with Crippen molar-refractivity contribution in [3.05, 3.63) is 24.5 Å². The average Bonchev–Trinajstić information content (AvgIpc) is 2.36. The Balaban J connectivity index is 4.14. The highest BCUT2D eigenvalue weighted by Gasteiger charge is 2.11. The molecule has 0 aliphatic heterocycles. The van der Waals surface area contributed by atoms with Gasteiger partial charge in [0.1, 0.15) is 23.9 Å². The van der Waals surface area contributed by atoms with Gasteiger partial charge in [-0.25, -0.2) is 4.79 Å². The van der Waals surface area contributed by atoms with E-state index in [-0.39, 0.29) is 24.9 Å². The monoisotopic (exact) mass is 299 g/mol. The summed E-state index contributed by atoms with van der Waals surface area (Å²) < 4.78 is 15.5. The summed E-state index contributed by atoms with van der Waals surface area (Å²) in [4.78, 5) is 21.8. The van der Waals surface area contributed by atoms with Crippen molar-refractivity contribution < 1.29 is 28.9 Å². The molecule has 0 bridgehead atoms. The SMILES string of the molecule is C=CC(=O)OC(C)COCC(C)OC(=CC(C)C)C(=O)[O-]. The van der Waals surface area contributed by atoms with Gasteiger partial charge in [-0.2, -0.15) is 0 Å². The molecule has 2 atom stereocenters. The van der Waals surface area contributed by atoms with Gasteiger partial charge in [0.25, 0.3) is 0 Å². The zero-order valence-electron chi connectivity index (χ0n) is 13.0. The molecule has 0 radical (unpaired) electrons.